The van der Waals surface area contributed by atoms with Crippen LogP contribution in [0.25, 0.3) is 0 Å². The highest BCUT2D eigenvalue weighted by Crippen LogP contribution is 2.30. The zero-order valence-electron chi connectivity index (χ0n) is 17.0. The quantitative estimate of drug-likeness (QED) is 0.452. The Labute approximate surface area is 159 Å². The van der Waals surface area contributed by atoms with E-state index in [1.807, 2.05) is 6.92 Å². The second-order valence-corrected chi connectivity index (χ2v) is 7.50. The summed E-state index contributed by atoms with van der Waals surface area (Å²) in [5.74, 6) is 2.15. The predicted octanol–water partition coefficient (Wildman–Crippen LogP) is 6.52. The van der Waals surface area contributed by atoms with E-state index < -0.39 is 0 Å². The third kappa shape index (κ3) is 6.49. The first-order chi connectivity index (χ1) is 12.5. The van der Waals surface area contributed by atoms with Crippen molar-refractivity contribution < 1.29 is 9.47 Å². The van der Waals surface area contributed by atoms with Crippen LogP contribution in [0.2, 0.25) is 0 Å². The van der Waals surface area contributed by atoms with Crippen LogP contribution in [0.4, 0.5) is 0 Å². The van der Waals surface area contributed by atoms with Crippen LogP contribution in [0.3, 0.4) is 0 Å². The molecule has 0 heterocycles. The maximum atomic E-state index is 5.90. The van der Waals surface area contributed by atoms with Gasteiger partial charge >= 0.3 is 0 Å². The van der Waals surface area contributed by atoms with Crippen molar-refractivity contribution in [3.8, 4) is 5.75 Å². The van der Waals surface area contributed by atoms with Gasteiger partial charge in [0.2, 0.25) is 0 Å². The fourth-order valence-electron chi connectivity index (χ4n) is 3.31. The predicted molar refractivity (Wildman–Crippen MR) is 110 cm³/mol. The van der Waals surface area contributed by atoms with Gasteiger partial charge in [0, 0.05) is 0 Å². The molecule has 0 N–H and O–H groups in total. The number of rotatable bonds is 10. The highest BCUT2D eigenvalue weighted by atomic mass is 16.7. The molecule has 0 fully saturated rings. The van der Waals surface area contributed by atoms with Gasteiger partial charge in [-0.25, -0.2) is 0 Å². The molecule has 0 aliphatic heterocycles. The molecule has 0 amide bonds. The average molecular weight is 355 g/mol. The van der Waals surface area contributed by atoms with E-state index in [1.165, 1.54) is 29.5 Å². The minimum Gasteiger partial charge on any atom is -0.465 e. The average Bonchev–Trinajstić information content (AvgIpc) is 2.62. The van der Waals surface area contributed by atoms with Crippen molar-refractivity contribution >= 4 is 0 Å². The second kappa shape index (κ2) is 10.4. The highest BCUT2D eigenvalue weighted by molar-refractivity contribution is 5.30. The lowest BCUT2D eigenvalue weighted by Crippen LogP contribution is -2.18. The monoisotopic (exact) mass is 354 g/mol. The number of hydrogen-bond donors (Lipinski definition) is 0. The lowest BCUT2D eigenvalue weighted by atomic mass is 9.85. The van der Waals surface area contributed by atoms with Crippen molar-refractivity contribution in [2.24, 2.45) is 5.92 Å². The van der Waals surface area contributed by atoms with Gasteiger partial charge in [0.25, 0.3) is 0 Å². The van der Waals surface area contributed by atoms with Crippen molar-refractivity contribution in [2.45, 2.75) is 66.1 Å². The topological polar surface area (TPSA) is 18.5 Å². The molecule has 0 saturated heterocycles. The molecule has 2 nitrogen and oxygen atoms in total. The number of ether oxygens (including phenoxy) is 2. The van der Waals surface area contributed by atoms with Crippen LogP contribution in [0.5, 0.6) is 5.75 Å². The molecule has 2 aromatic carbocycles. The molecule has 0 aliphatic carbocycles. The Morgan fingerprint density at radius 2 is 1.54 bits per heavy atom. The van der Waals surface area contributed by atoms with Gasteiger partial charge in [-0.1, -0.05) is 69.2 Å². The van der Waals surface area contributed by atoms with Gasteiger partial charge in [0.1, 0.15) is 5.75 Å². The van der Waals surface area contributed by atoms with Gasteiger partial charge in [-0.3, -0.25) is 0 Å². The van der Waals surface area contributed by atoms with Crippen LogP contribution < -0.4 is 4.74 Å². The normalized spacial score (nSPS) is 13.6. The molecule has 0 spiro atoms. The van der Waals surface area contributed by atoms with Crippen molar-refractivity contribution in [2.75, 3.05) is 6.61 Å². The van der Waals surface area contributed by atoms with Gasteiger partial charge in [0.05, 0.1) is 6.61 Å². The smallest absolute Gasteiger partial charge is 0.196 e. The molecule has 26 heavy (non-hydrogen) atoms. The summed E-state index contributed by atoms with van der Waals surface area (Å²) in [7, 11) is 0. The molecule has 2 unspecified atom stereocenters. The summed E-state index contributed by atoms with van der Waals surface area (Å²) in [6.07, 6.45) is 3.10. The Bertz CT molecular complexity index is 628. The first kappa shape index (κ1) is 20.5. The van der Waals surface area contributed by atoms with Crippen LogP contribution in [-0.4, -0.2) is 12.9 Å². The number of benzene rings is 2. The summed E-state index contributed by atoms with van der Waals surface area (Å²) in [5, 5.41) is 0. The van der Waals surface area contributed by atoms with E-state index in [9.17, 15) is 0 Å². The van der Waals surface area contributed by atoms with Crippen molar-refractivity contribution in [3.63, 3.8) is 0 Å². The van der Waals surface area contributed by atoms with Crippen molar-refractivity contribution in [1.29, 1.82) is 0 Å². The maximum Gasteiger partial charge on any atom is 0.196 e. The minimum absolute atomic E-state index is 0.247. The molecule has 142 valence electrons. The Morgan fingerprint density at radius 1 is 0.885 bits per heavy atom. The molecule has 0 aliphatic rings. The van der Waals surface area contributed by atoms with E-state index in [0.29, 0.717) is 18.4 Å². The fourth-order valence-corrected chi connectivity index (χ4v) is 3.31. The maximum absolute atomic E-state index is 5.90. The first-order valence-electron chi connectivity index (χ1n) is 9.93. The highest BCUT2D eigenvalue weighted by Gasteiger charge is 2.15. The first-order valence-corrected chi connectivity index (χ1v) is 9.93. The summed E-state index contributed by atoms with van der Waals surface area (Å²) in [6.45, 7) is 11.6. The molecule has 2 aromatic rings. The van der Waals surface area contributed by atoms with E-state index in [2.05, 4.69) is 76.2 Å². The molecule has 0 radical (unpaired) electrons. The summed E-state index contributed by atoms with van der Waals surface area (Å²) in [4.78, 5) is 0. The van der Waals surface area contributed by atoms with E-state index >= 15 is 0 Å². The van der Waals surface area contributed by atoms with Gasteiger partial charge < -0.3 is 9.47 Å². The fraction of sp³-hybridized carbons (Fsp3) is 0.500. The lowest BCUT2D eigenvalue weighted by Gasteiger charge is -2.21. The van der Waals surface area contributed by atoms with Crippen LogP contribution in [0.1, 0.15) is 63.1 Å². The molecular weight excluding hydrogens is 320 g/mol. The van der Waals surface area contributed by atoms with Gasteiger partial charge in [-0.15, -0.1) is 0 Å². The summed E-state index contributed by atoms with van der Waals surface area (Å²) < 4.78 is 11.7. The molecule has 0 aromatic heterocycles. The number of aryl methyl sites for hydroxylation is 1. The van der Waals surface area contributed by atoms with Gasteiger partial charge in [-0.05, 0) is 61.8 Å². The Hall–Kier alpha value is -1.80. The second-order valence-electron chi connectivity index (χ2n) is 7.50. The largest absolute Gasteiger partial charge is 0.465 e. The molecule has 2 heteroatoms. The minimum atomic E-state index is -0.247. The van der Waals surface area contributed by atoms with Crippen LogP contribution >= 0.6 is 0 Å². The summed E-state index contributed by atoms with van der Waals surface area (Å²) in [5.41, 5.74) is 3.98. The Morgan fingerprint density at radius 3 is 2.12 bits per heavy atom. The van der Waals surface area contributed by atoms with Gasteiger partial charge in [0.15, 0.2) is 6.29 Å². The van der Waals surface area contributed by atoms with Gasteiger partial charge in [-0.2, -0.15) is 0 Å². The van der Waals surface area contributed by atoms with E-state index in [0.717, 1.165) is 12.2 Å². The van der Waals surface area contributed by atoms with E-state index in [1.54, 1.807) is 0 Å². The lowest BCUT2D eigenvalue weighted by molar-refractivity contribution is -0.0654. The summed E-state index contributed by atoms with van der Waals surface area (Å²) >= 11 is 0. The van der Waals surface area contributed by atoms with Crippen LogP contribution in [0.15, 0.2) is 48.5 Å². The Balaban J connectivity index is 1.81. The number of hydrogen-bond acceptors (Lipinski definition) is 2. The Kier molecular flexibility index (Phi) is 8.18. The summed E-state index contributed by atoms with van der Waals surface area (Å²) in [6, 6.07) is 17.1. The SMILES string of the molecule is CCCC(c1ccc(OC(C)OCCc2ccc(C)cc2)cc1)C(C)C. The molecular formula is C24H34O2. The van der Waals surface area contributed by atoms with Crippen molar-refractivity contribution in [3.05, 3.63) is 65.2 Å². The molecule has 2 rings (SSSR count). The zero-order valence-corrected chi connectivity index (χ0v) is 17.0. The van der Waals surface area contributed by atoms with E-state index in [-0.39, 0.29) is 6.29 Å². The van der Waals surface area contributed by atoms with Crippen LogP contribution in [0, 0.1) is 12.8 Å². The van der Waals surface area contributed by atoms with Crippen molar-refractivity contribution in [1.82, 2.24) is 0 Å². The third-order valence-corrected chi connectivity index (χ3v) is 4.88. The van der Waals surface area contributed by atoms with E-state index in [4.69, 9.17) is 9.47 Å². The molecule has 0 bridgehead atoms. The molecule has 0 saturated carbocycles. The third-order valence-electron chi connectivity index (χ3n) is 4.88. The standard InChI is InChI=1S/C24H34O2/c1-6-7-24(18(2)3)22-12-14-23(15-13-22)26-20(5)25-17-16-21-10-8-19(4)9-11-21/h8-15,18,20,24H,6-7,16-17H2,1-5H3. The molecule has 2 atom stereocenters. The zero-order chi connectivity index (χ0) is 18.9. The van der Waals surface area contributed by atoms with Crippen LogP contribution in [-0.2, 0) is 11.2 Å².